The molecule has 0 unspecified atom stereocenters. The third-order valence-corrected chi connectivity index (χ3v) is 1.66. The van der Waals surface area contributed by atoms with Gasteiger partial charge in [-0.3, -0.25) is 4.68 Å². The van der Waals surface area contributed by atoms with Gasteiger partial charge in [0.05, 0.1) is 12.2 Å². The van der Waals surface area contributed by atoms with Crippen LogP contribution in [0.15, 0.2) is 17.4 Å². The first-order valence-electron chi connectivity index (χ1n) is 3.88. The molecule has 0 atom stereocenters. The SMILES string of the molecule is Cn1nccc1CNCC(N)=NO. The Morgan fingerprint density at radius 1 is 1.85 bits per heavy atom. The molecule has 0 saturated heterocycles. The minimum Gasteiger partial charge on any atom is -0.409 e. The molecular weight excluding hydrogens is 170 g/mol. The number of hydrogen-bond acceptors (Lipinski definition) is 4. The third-order valence-electron chi connectivity index (χ3n) is 1.66. The van der Waals surface area contributed by atoms with E-state index in [9.17, 15) is 0 Å². The average Bonchev–Trinajstić information content (AvgIpc) is 2.52. The van der Waals surface area contributed by atoms with Crippen molar-refractivity contribution in [1.29, 1.82) is 0 Å². The number of nitrogens with one attached hydrogen (secondary N) is 1. The first-order chi connectivity index (χ1) is 6.24. The fraction of sp³-hybridized carbons (Fsp3) is 0.429. The Morgan fingerprint density at radius 2 is 2.62 bits per heavy atom. The highest BCUT2D eigenvalue weighted by Crippen LogP contribution is 1.93. The van der Waals surface area contributed by atoms with Crippen LogP contribution in [0.25, 0.3) is 0 Å². The highest BCUT2D eigenvalue weighted by Gasteiger charge is 1.97. The summed E-state index contributed by atoms with van der Waals surface area (Å²) in [6, 6.07) is 1.90. The molecule has 1 rings (SSSR count). The Bertz CT molecular complexity index is 293. The zero-order valence-electron chi connectivity index (χ0n) is 7.44. The quantitative estimate of drug-likeness (QED) is 0.248. The van der Waals surface area contributed by atoms with Gasteiger partial charge < -0.3 is 16.3 Å². The normalized spacial score (nSPS) is 11.9. The molecule has 0 aliphatic carbocycles. The van der Waals surface area contributed by atoms with Crippen molar-refractivity contribution >= 4 is 5.84 Å². The minimum atomic E-state index is 0.169. The van der Waals surface area contributed by atoms with E-state index in [2.05, 4.69) is 15.6 Å². The van der Waals surface area contributed by atoms with E-state index in [0.717, 1.165) is 5.69 Å². The van der Waals surface area contributed by atoms with Crippen LogP contribution in [0.5, 0.6) is 0 Å². The van der Waals surface area contributed by atoms with Crippen molar-refractivity contribution in [1.82, 2.24) is 15.1 Å². The fourth-order valence-electron chi connectivity index (χ4n) is 0.929. The molecule has 0 radical (unpaired) electrons. The fourth-order valence-corrected chi connectivity index (χ4v) is 0.929. The summed E-state index contributed by atoms with van der Waals surface area (Å²) < 4.78 is 1.76. The first kappa shape index (κ1) is 9.53. The lowest BCUT2D eigenvalue weighted by Gasteiger charge is -2.03. The molecule has 6 heteroatoms. The molecule has 1 aromatic rings. The zero-order valence-corrected chi connectivity index (χ0v) is 7.44. The summed E-state index contributed by atoms with van der Waals surface area (Å²) in [6.07, 6.45) is 1.72. The van der Waals surface area contributed by atoms with Crippen molar-refractivity contribution in [3.05, 3.63) is 18.0 Å². The summed E-state index contributed by atoms with van der Waals surface area (Å²) in [5, 5.41) is 18.1. The predicted molar refractivity (Wildman–Crippen MR) is 48.3 cm³/mol. The summed E-state index contributed by atoms with van der Waals surface area (Å²) in [4.78, 5) is 0. The largest absolute Gasteiger partial charge is 0.409 e. The van der Waals surface area contributed by atoms with Gasteiger partial charge in [0.25, 0.3) is 0 Å². The van der Waals surface area contributed by atoms with Crippen molar-refractivity contribution < 1.29 is 5.21 Å². The first-order valence-corrected chi connectivity index (χ1v) is 3.88. The number of aryl methyl sites for hydroxylation is 1. The smallest absolute Gasteiger partial charge is 0.153 e. The van der Waals surface area contributed by atoms with E-state index in [1.165, 1.54) is 0 Å². The zero-order chi connectivity index (χ0) is 9.68. The Labute approximate surface area is 76.0 Å². The maximum Gasteiger partial charge on any atom is 0.153 e. The number of oxime groups is 1. The van der Waals surface area contributed by atoms with Gasteiger partial charge in [0, 0.05) is 19.8 Å². The van der Waals surface area contributed by atoms with Gasteiger partial charge in [0.1, 0.15) is 0 Å². The number of nitrogens with zero attached hydrogens (tertiary/aromatic N) is 3. The lowest BCUT2D eigenvalue weighted by atomic mass is 10.4. The van der Waals surface area contributed by atoms with Gasteiger partial charge in [-0.05, 0) is 6.07 Å². The second kappa shape index (κ2) is 4.46. The van der Waals surface area contributed by atoms with Crippen LogP contribution in [0, 0.1) is 0 Å². The molecule has 0 fully saturated rings. The lowest BCUT2D eigenvalue weighted by Crippen LogP contribution is -2.29. The number of rotatable bonds is 4. The topological polar surface area (TPSA) is 88.5 Å². The van der Waals surface area contributed by atoms with E-state index >= 15 is 0 Å². The van der Waals surface area contributed by atoms with Gasteiger partial charge in [0.15, 0.2) is 5.84 Å². The van der Waals surface area contributed by atoms with Crippen molar-refractivity contribution in [2.45, 2.75) is 6.54 Å². The van der Waals surface area contributed by atoms with Crippen LogP contribution in [0.3, 0.4) is 0 Å². The Morgan fingerprint density at radius 3 is 3.15 bits per heavy atom. The number of nitrogens with two attached hydrogens (primary N) is 1. The molecule has 0 aromatic carbocycles. The highest BCUT2D eigenvalue weighted by molar-refractivity contribution is 5.81. The van der Waals surface area contributed by atoms with Gasteiger partial charge in [-0.15, -0.1) is 0 Å². The summed E-state index contributed by atoms with van der Waals surface area (Å²) in [6.45, 7) is 1.01. The van der Waals surface area contributed by atoms with E-state index in [1.807, 2.05) is 13.1 Å². The Hall–Kier alpha value is -1.56. The highest BCUT2D eigenvalue weighted by atomic mass is 16.4. The van der Waals surface area contributed by atoms with Crippen LogP contribution in [0.1, 0.15) is 5.69 Å². The second-order valence-electron chi connectivity index (χ2n) is 2.64. The standard InChI is InChI=1S/C7H13N5O/c1-12-6(2-3-10-12)4-9-5-7(8)11-13/h2-3,9,13H,4-5H2,1H3,(H2,8,11). The monoisotopic (exact) mass is 183 g/mol. The molecule has 0 aliphatic rings. The van der Waals surface area contributed by atoms with Crippen molar-refractivity contribution in [3.63, 3.8) is 0 Å². The van der Waals surface area contributed by atoms with E-state index in [0.29, 0.717) is 13.1 Å². The number of aromatic nitrogens is 2. The second-order valence-corrected chi connectivity index (χ2v) is 2.64. The summed E-state index contributed by atoms with van der Waals surface area (Å²) >= 11 is 0. The van der Waals surface area contributed by atoms with E-state index in [4.69, 9.17) is 10.9 Å². The van der Waals surface area contributed by atoms with Gasteiger partial charge in [-0.1, -0.05) is 5.16 Å². The molecule has 0 aliphatic heterocycles. The summed E-state index contributed by atoms with van der Waals surface area (Å²) in [5.74, 6) is 0.169. The van der Waals surface area contributed by atoms with Gasteiger partial charge >= 0.3 is 0 Å². The van der Waals surface area contributed by atoms with E-state index < -0.39 is 0 Å². The van der Waals surface area contributed by atoms with Crippen LogP contribution in [0.2, 0.25) is 0 Å². The maximum absolute atomic E-state index is 8.25. The number of hydrogen-bond donors (Lipinski definition) is 3. The van der Waals surface area contributed by atoms with Crippen LogP contribution in [-0.2, 0) is 13.6 Å². The molecule has 0 spiro atoms. The molecule has 0 amide bonds. The third kappa shape index (κ3) is 2.75. The predicted octanol–water partition coefficient (Wildman–Crippen LogP) is -0.744. The molecule has 6 nitrogen and oxygen atoms in total. The summed E-state index contributed by atoms with van der Waals surface area (Å²) in [7, 11) is 1.86. The van der Waals surface area contributed by atoms with Crippen LogP contribution in [0.4, 0.5) is 0 Å². The van der Waals surface area contributed by atoms with Crippen LogP contribution < -0.4 is 11.1 Å². The molecule has 4 N–H and O–H groups in total. The lowest BCUT2D eigenvalue weighted by molar-refractivity contribution is 0.317. The van der Waals surface area contributed by atoms with E-state index in [1.54, 1.807) is 10.9 Å². The van der Waals surface area contributed by atoms with E-state index in [-0.39, 0.29) is 5.84 Å². The molecular formula is C7H13N5O. The molecule has 72 valence electrons. The average molecular weight is 183 g/mol. The van der Waals surface area contributed by atoms with Gasteiger partial charge in [-0.25, -0.2) is 0 Å². The van der Waals surface area contributed by atoms with Gasteiger partial charge in [0.2, 0.25) is 0 Å². The summed E-state index contributed by atoms with van der Waals surface area (Å²) in [5.41, 5.74) is 6.31. The van der Waals surface area contributed by atoms with Crippen molar-refractivity contribution in [2.75, 3.05) is 6.54 Å². The van der Waals surface area contributed by atoms with Crippen LogP contribution >= 0.6 is 0 Å². The minimum absolute atomic E-state index is 0.169. The van der Waals surface area contributed by atoms with Gasteiger partial charge in [-0.2, -0.15) is 5.10 Å². The number of amidine groups is 1. The Balaban J connectivity index is 2.32. The maximum atomic E-state index is 8.25. The molecule has 13 heavy (non-hydrogen) atoms. The Kier molecular flexibility index (Phi) is 3.27. The molecule has 1 heterocycles. The molecule has 0 saturated carbocycles. The van der Waals surface area contributed by atoms with Crippen molar-refractivity contribution in [2.24, 2.45) is 17.9 Å². The van der Waals surface area contributed by atoms with Crippen molar-refractivity contribution in [3.8, 4) is 0 Å². The molecule has 1 aromatic heterocycles. The van der Waals surface area contributed by atoms with Crippen LogP contribution in [-0.4, -0.2) is 27.4 Å². The molecule has 0 bridgehead atoms.